The fraction of sp³-hybridized carbons (Fsp3) is 0.0455. The monoisotopic (exact) mass is 435 g/mol. The van der Waals surface area contributed by atoms with Crippen LogP contribution in [0.4, 0.5) is 5.69 Å². The lowest BCUT2D eigenvalue weighted by molar-refractivity contribution is 0.0954. The number of hydrogen-bond donors (Lipinski definition) is 2. The summed E-state index contributed by atoms with van der Waals surface area (Å²) in [5.41, 5.74) is 5.94. The van der Waals surface area contributed by atoms with Gasteiger partial charge in [0.15, 0.2) is 0 Å². The smallest absolute Gasteiger partial charge is 0.271 e. The SMILES string of the molecule is Cc1ccccc1C(=O)Nc1ccc(C(=O)N/N=C/c2ccc(Br)cc2)cc1. The van der Waals surface area contributed by atoms with Gasteiger partial charge in [0, 0.05) is 21.3 Å². The Morgan fingerprint density at radius 3 is 2.25 bits per heavy atom. The van der Waals surface area contributed by atoms with Crippen LogP contribution < -0.4 is 10.7 Å². The van der Waals surface area contributed by atoms with Crippen molar-refractivity contribution in [2.24, 2.45) is 5.10 Å². The number of halogens is 1. The minimum absolute atomic E-state index is 0.186. The molecule has 0 atom stereocenters. The highest BCUT2D eigenvalue weighted by molar-refractivity contribution is 9.10. The first-order valence-corrected chi connectivity index (χ1v) is 9.38. The van der Waals surface area contributed by atoms with E-state index in [-0.39, 0.29) is 11.8 Å². The summed E-state index contributed by atoms with van der Waals surface area (Å²) < 4.78 is 0.975. The van der Waals surface area contributed by atoms with E-state index in [1.165, 1.54) is 0 Å². The normalized spacial score (nSPS) is 10.6. The van der Waals surface area contributed by atoms with Crippen LogP contribution in [-0.2, 0) is 0 Å². The third-order valence-corrected chi connectivity index (χ3v) is 4.57. The van der Waals surface area contributed by atoms with Gasteiger partial charge in [0.1, 0.15) is 0 Å². The van der Waals surface area contributed by atoms with Crippen molar-refractivity contribution in [2.75, 3.05) is 5.32 Å². The van der Waals surface area contributed by atoms with E-state index < -0.39 is 0 Å². The van der Waals surface area contributed by atoms with Crippen LogP contribution in [0.2, 0.25) is 0 Å². The predicted molar refractivity (Wildman–Crippen MR) is 115 cm³/mol. The number of anilines is 1. The van der Waals surface area contributed by atoms with Crippen molar-refractivity contribution < 1.29 is 9.59 Å². The van der Waals surface area contributed by atoms with Gasteiger partial charge in [0.25, 0.3) is 11.8 Å². The summed E-state index contributed by atoms with van der Waals surface area (Å²) >= 11 is 3.36. The Bertz CT molecular complexity index is 1010. The molecular weight excluding hydrogens is 418 g/mol. The van der Waals surface area contributed by atoms with Crippen molar-refractivity contribution in [1.82, 2.24) is 5.43 Å². The van der Waals surface area contributed by atoms with Crippen LogP contribution >= 0.6 is 15.9 Å². The van der Waals surface area contributed by atoms with Crippen molar-refractivity contribution in [1.29, 1.82) is 0 Å². The zero-order valence-electron chi connectivity index (χ0n) is 15.1. The van der Waals surface area contributed by atoms with Crippen molar-refractivity contribution in [2.45, 2.75) is 6.92 Å². The summed E-state index contributed by atoms with van der Waals surface area (Å²) in [4.78, 5) is 24.5. The maximum Gasteiger partial charge on any atom is 0.271 e. The van der Waals surface area contributed by atoms with E-state index in [1.54, 1.807) is 36.5 Å². The Labute approximate surface area is 171 Å². The van der Waals surface area contributed by atoms with Gasteiger partial charge in [-0.25, -0.2) is 5.43 Å². The summed E-state index contributed by atoms with van der Waals surface area (Å²) in [6.45, 7) is 1.89. The molecule has 0 unspecified atom stereocenters. The number of carbonyl (C=O) groups excluding carboxylic acids is 2. The molecule has 0 heterocycles. The van der Waals surface area contributed by atoms with Gasteiger partial charge in [-0.1, -0.05) is 46.3 Å². The molecule has 0 aliphatic carbocycles. The van der Waals surface area contributed by atoms with Crippen molar-refractivity contribution in [3.63, 3.8) is 0 Å². The van der Waals surface area contributed by atoms with Gasteiger partial charge in [-0.05, 0) is 60.5 Å². The summed E-state index contributed by atoms with van der Waals surface area (Å²) in [6.07, 6.45) is 1.57. The molecule has 3 aromatic rings. The van der Waals surface area contributed by atoms with Crippen LogP contribution in [0.15, 0.2) is 82.4 Å². The molecule has 0 spiro atoms. The first-order valence-electron chi connectivity index (χ1n) is 8.59. The standard InChI is InChI=1S/C22H18BrN3O2/c1-15-4-2-3-5-20(15)22(28)25-19-12-8-17(9-13-19)21(27)26-24-14-16-6-10-18(23)11-7-16/h2-14H,1H3,(H,25,28)(H,26,27)/b24-14+. The highest BCUT2D eigenvalue weighted by atomic mass is 79.9. The number of hydrazone groups is 1. The van der Waals surface area contributed by atoms with Gasteiger partial charge in [-0.2, -0.15) is 5.10 Å². The number of aryl methyl sites for hydroxylation is 1. The van der Waals surface area contributed by atoms with E-state index in [1.807, 2.05) is 49.4 Å². The highest BCUT2D eigenvalue weighted by Gasteiger charge is 2.09. The molecule has 140 valence electrons. The number of nitrogens with zero attached hydrogens (tertiary/aromatic N) is 1. The molecule has 0 bridgehead atoms. The second kappa shape index (κ2) is 9.10. The summed E-state index contributed by atoms with van der Waals surface area (Å²) in [5.74, 6) is -0.514. The Morgan fingerprint density at radius 1 is 0.893 bits per heavy atom. The van der Waals surface area contributed by atoms with Crippen LogP contribution in [0.5, 0.6) is 0 Å². The molecule has 6 heteroatoms. The molecule has 3 aromatic carbocycles. The van der Waals surface area contributed by atoms with Gasteiger partial charge < -0.3 is 5.32 Å². The van der Waals surface area contributed by atoms with Crippen LogP contribution in [0, 0.1) is 6.92 Å². The first-order chi connectivity index (χ1) is 13.5. The molecule has 5 nitrogen and oxygen atoms in total. The molecule has 0 radical (unpaired) electrons. The average molecular weight is 436 g/mol. The first kappa shape index (κ1) is 19.5. The molecule has 2 N–H and O–H groups in total. The topological polar surface area (TPSA) is 70.6 Å². The van der Waals surface area contributed by atoms with E-state index in [2.05, 4.69) is 31.8 Å². The van der Waals surface area contributed by atoms with E-state index in [0.717, 1.165) is 15.6 Å². The lowest BCUT2D eigenvalue weighted by atomic mass is 10.1. The molecule has 0 aliphatic heterocycles. The number of nitrogens with one attached hydrogen (secondary N) is 2. The Morgan fingerprint density at radius 2 is 1.57 bits per heavy atom. The average Bonchev–Trinajstić information content (AvgIpc) is 2.70. The summed E-state index contributed by atoms with van der Waals surface area (Å²) in [6, 6.07) is 21.6. The maximum absolute atomic E-state index is 12.3. The van der Waals surface area contributed by atoms with Gasteiger partial charge in [-0.15, -0.1) is 0 Å². The minimum atomic E-state index is -0.329. The van der Waals surface area contributed by atoms with E-state index in [0.29, 0.717) is 16.8 Å². The largest absolute Gasteiger partial charge is 0.322 e. The Hall–Kier alpha value is -3.25. The number of carbonyl (C=O) groups is 2. The molecule has 2 amide bonds. The predicted octanol–water partition coefficient (Wildman–Crippen LogP) is 4.77. The van der Waals surface area contributed by atoms with Crippen LogP contribution in [0.3, 0.4) is 0 Å². The van der Waals surface area contributed by atoms with Crippen molar-refractivity contribution in [3.8, 4) is 0 Å². The fourth-order valence-electron chi connectivity index (χ4n) is 2.51. The third kappa shape index (κ3) is 5.14. The van der Waals surface area contributed by atoms with Gasteiger partial charge in [0.05, 0.1) is 6.21 Å². The maximum atomic E-state index is 12.3. The van der Waals surface area contributed by atoms with E-state index in [9.17, 15) is 9.59 Å². The van der Waals surface area contributed by atoms with Gasteiger partial charge in [-0.3, -0.25) is 9.59 Å². The van der Waals surface area contributed by atoms with Gasteiger partial charge >= 0.3 is 0 Å². The lowest BCUT2D eigenvalue weighted by Crippen LogP contribution is -2.18. The quantitative estimate of drug-likeness (QED) is 0.447. The molecule has 0 aromatic heterocycles. The van der Waals surface area contributed by atoms with Crippen molar-refractivity contribution >= 4 is 39.6 Å². The van der Waals surface area contributed by atoms with Crippen molar-refractivity contribution in [3.05, 3.63) is 99.5 Å². The van der Waals surface area contributed by atoms with Gasteiger partial charge in [0.2, 0.25) is 0 Å². The number of benzene rings is 3. The summed E-state index contributed by atoms with van der Waals surface area (Å²) in [5, 5.41) is 6.79. The third-order valence-electron chi connectivity index (χ3n) is 4.04. The molecule has 28 heavy (non-hydrogen) atoms. The lowest BCUT2D eigenvalue weighted by Gasteiger charge is -2.08. The Kier molecular flexibility index (Phi) is 6.34. The van der Waals surface area contributed by atoms with Crippen LogP contribution in [-0.4, -0.2) is 18.0 Å². The second-order valence-corrected chi connectivity index (χ2v) is 7.01. The molecule has 0 aliphatic rings. The number of amides is 2. The van der Waals surface area contributed by atoms with Crippen LogP contribution in [0.25, 0.3) is 0 Å². The fourth-order valence-corrected chi connectivity index (χ4v) is 2.77. The van der Waals surface area contributed by atoms with E-state index in [4.69, 9.17) is 0 Å². The highest BCUT2D eigenvalue weighted by Crippen LogP contribution is 2.14. The second-order valence-electron chi connectivity index (χ2n) is 6.10. The Balaban J connectivity index is 1.59. The molecule has 0 fully saturated rings. The van der Waals surface area contributed by atoms with Crippen LogP contribution in [0.1, 0.15) is 31.8 Å². The molecular formula is C22H18BrN3O2. The van der Waals surface area contributed by atoms with E-state index >= 15 is 0 Å². The number of rotatable bonds is 5. The minimum Gasteiger partial charge on any atom is -0.322 e. The molecule has 3 rings (SSSR count). The molecule has 0 saturated heterocycles. The number of hydrogen-bond acceptors (Lipinski definition) is 3. The zero-order chi connectivity index (χ0) is 19.9. The summed E-state index contributed by atoms with van der Waals surface area (Å²) in [7, 11) is 0. The zero-order valence-corrected chi connectivity index (χ0v) is 16.7. The molecule has 0 saturated carbocycles.